The summed E-state index contributed by atoms with van der Waals surface area (Å²) >= 11 is 2.52. The first-order valence-corrected chi connectivity index (χ1v) is 6.65. The summed E-state index contributed by atoms with van der Waals surface area (Å²) in [5, 5.41) is 1.11. The van der Waals surface area contributed by atoms with Crippen LogP contribution in [0.15, 0.2) is 35.7 Å². The van der Waals surface area contributed by atoms with E-state index in [1.807, 2.05) is 30.3 Å². The van der Waals surface area contributed by atoms with Gasteiger partial charge >= 0.3 is 0 Å². The Kier molecular flexibility index (Phi) is 3.05. The predicted molar refractivity (Wildman–Crippen MR) is 53.3 cm³/mol. The molecule has 0 atom stereocenters. The van der Waals surface area contributed by atoms with Gasteiger partial charge in [-0.2, -0.15) is 0 Å². The van der Waals surface area contributed by atoms with Crippen LogP contribution in [-0.4, -0.2) is 8.42 Å². The zero-order valence-corrected chi connectivity index (χ0v) is 8.55. The molecule has 0 radical (unpaired) electrons. The van der Waals surface area contributed by atoms with Crippen molar-refractivity contribution in [3.63, 3.8) is 0 Å². The Morgan fingerprint density at radius 3 is 2.25 bits per heavy atom. The van der Waals surface area contributed by atoms with Crippen LogP contribution < -0.4 is 0 Å². The van der Waals surface area contributed by atoms with Gasteiger partial charge in [0.2, 0.25) is 8.27 Å². The molecule has 1 rings (SSSR count). The van der Waals surface area contributed by atoms with E-state index >= 15 is 0 Å². The summed E-state index contributed by atoms with van der Waals surface area (Å²) in [6.07, 6.45) is 1.53. The minimum atomic E-state index is -3.19. The average Bonchev–Trinajstić information content (AvgIpc) is 2.02. The fourth-order valence-corrected chi connectivity index (χ4v) is 1.37. The molecule has 0 N–H and O–H groups in total. The van der Waals surface area contributed by atoms with E-state index in [-0.39, 0.29) is 0 Å². The maximum Gasteiger partial charge on any atom is 0.230 e. The molecule has 0 heterocycles. The molecule has 0 aliphatic rings. The van der Waals surface area contributed by atoms with Crippen molar-refractivity contribution < 1.29 is 8.42 Å². The molecule has 0 saturated carbocycles. The second-order valence-corrected chi connectivity index (χ2v) is 6.12. The van der Waals surface area contributed by atoms with Gasteiger partial charge in [-0.1, -0.05) is 30.3 Å². The molecule has 4 heteroatoms. The van der Waals surface area contributed by atoms with E-state index in [9.17, 15) is 8.42 Å². The molecule has 0 saturated heterocycles. The Morgan fingerprint density at radius 1 is 1.17 bits per heavy atom. The fraction of sp³-hybridized carbons (Fsp3) is 0. The van der Waals surface area contributed by atoms with Gasteiger partial charge in [0.1, 0.15) is 0 Å². The Morgan fingerprint density at radius 2 is 1.75 bits per heavy atom. The van der Waals surface area contributed by atoms with Crippen LogP contribution in [0.5, 0.6) is 0 Å². The largest absolute Gasteiger partial charge is 0.230 e. The van der Waals surface area contributed by atoms with Crippen LogP contribution >= 0.6 is 14.8 Å². The van der Waals surface area contributed by atoms with Crippen molar-refractivity contribution in [2.75, 3.05) is 0 Å². The van der Waals surface area contributed by atoms with Crippen LogP contribution in [-0.2, 0) is 8.27 Å². The van der Waals surface area contributed by atoms with Crippen LogP contribution in [0.2, 0.25) is 0 Å². The number of hydrogen-bond acceptors (Lipinski definition) is 2. The van der Waals surface area contributed by atoms with Crippen LogP contribution in [0.25, 0.3) is 6.08 Å². The van der Waals surface area contributed by atoms with E-state index in [1.165, 1.54) is 6.08 Å². The van der Waals surface area contributed by atoms with Crippen LogP contribution in [0.1, 0.15) is 5.56 Å². The second-order valence-electron chi connectivity index (χ2n) is 2.19. The zero-order chi connectivity index (χ0) is 9.03. The Balaban J connectivity index is 2.85. The van der Waals surface area contributed by atoms with Gasteiger partial charge in [0.05, 0.1) is 14.8 Å². The highest BCUT2D eigenvalue weighted by atomic mass is 79.9. The van der Waals surface area contributed by atoms with Gasteiger partial charge < -0.3 is 0 Å². The zero-order valence-electron chi connectivity index (χ0n) is 6.14. The first-order chi connectivity index (χ1) is 5.58. The molecule has 0 fully saturated rings. The van der Waals surface area contributed by atoms with Gasteiger partial charge in [0.25, 0.3) is 0 Å². The van der Waals surface area contributed by atoms with E-state index in [2.05, 4.69) is 14.8 Å². The van der Waals surface area contributed by atoms with E-state index in [0.717, 1.165) is 11.0 Å². The van der Waals surface area contributed by atoms with Gasteiger partial charge in [-0.3, -0.25) is 0 Å². The van der Waals surface area contributed by atoms with Gasteiger partial charge in [-0.15, -0.1) is 0 Å². The molecule has 0 amide bonds. The quantitative estimate of drug-likeness (QED) is 0.752. The van der Waals surface area contributed by atoms with E-state index < -0.39 is 8.27 Å². The van der Waals surface area contributed by atoms with Gasteiger partial charge in [0, 0.05) is 5.41 Å². The van der Waals surface area contributed by atoms with Gasteiger partial charge in [0.15, 0.2) is 0 Å². The van der Waals surface area contributed by atoms with Crippen LogP contribution in [0, 0.1) is 0 Å². The molecule has 0 unspecified atom stereocenters. The van der Waals surface area contributed by atoms with Crippen molar-refractivity contribution in [1.82, 2.24) is 0 Å². The monoisotopic (exact) mass is 246 g/mol. The topological polar surface area (TPSA) is 34.1 Å². The minimum Gasteiger partial charge on any atom is -0.212 e. The summed E-state index contributed by atoms with van der Waals surface area (Å²) in [4.78, 5) is 0. The third-order valence-corrected chi connectivity index (χ3v) is 2.33. The van der Waals surface area contributed by atoms with Crippen molar-refractivity contribution in [2.45, 2.75) is 0 Å². The lowest BCUT2D eigenvalue weighted by Crippen LogP contribution is -1.77. The molecular weight excluding hydrogens is 240 g/mol. The van der Waals surface area contributed by atoms with Crippen LogP contribution in [0.4, 0.5) is 0 Å². The summed E-state index contributed by atoms with van der Waals surface area (Å²) in [6.45, 7) is 0. The molecule has 2 nitrogen and oxygen atoms in total. The molecule has 0 aromatic heterocycles. The molecule has 64 valence electrons. The Hall–Kier alpha value is -0.610. The highest BCUT2D eigenvalue weighted by Crippen LogP contribution is 2.07. The highest BCUT2D eigenvalue weighted by Gasteiger charge is 1.94. The summed E-state index contributed by atoms with van der Waals surface area (Å²) in [5.74, 6) is 0. The smallest absolute Gasteiger partial charge is 0.212 e. The molecule has 1 aromatic rings. The highest BCUT2D eigenvalue weighted by molar-refractivity contribution is 9.48. The molecule has 1 aromatic carbocycles. The number of benzene rings is 1. The molecule has 0 spiro atoms. The summed E-state index contributed by atoms with van der Waals surface area (Å²) in [6, 6.07) is 9.23. The lowest BCUT2D eigenvalue weighted by molar-refractivity contribution is 0.619. The standard InChI is InChI=1S/C8H7BrO2S/c9-12(10,11)7-6-8-4-2-1-3-5-8/h1-7H. The normalized spacial score (nSPS) is 12.1. The number of rotatable bonds is 2. The first kappa shape index (κ1) is 9.48. The Labute approximate surface area is 79.0 Å². The van der Waals surface area contributed by atoms with E-state index in [0.29, 0.717) is 0 Å². The fourth-order valence-electron chi connectivity index (χ4n) is 0.724. The maximum atomic E-state index is 10.6. The maximum absolute atomic E-state index is 10.6. The third-order valence-electron chi connectivity index (χ3n) is 1.22. The Bertz CT molecular complexity index is 367. The SMILES string of the molecule is O=S(=O)(Br)C=Cc1ccccc1. The van der Waals surface area contributed by atoms with Crippen molar-refractivity contribution in [2.24, 2.45) is 0 Å². The van der Waals surface area contributed by atoms with E-state index in [1.54, 1.807) is 0 Å². The summed E-state index contributed by atoms with van der Waals surface area (Å²) in [7, 11) is -3.19. The molecule has 12 heavy (non-hydrogen) atoms. The molecule has 0 bridgehead atoms. The van der Waals surface area contributed by atoms with Crippen LogP contribution in [0.3, 0.4) is 0 Å². The van der Waals surface area contributed by atoms with Crippen molar-refractivity contribution in [3.05, 3.63) is 41.3 Å². The summed E-state index contributed by atoms with van der Waals surface area (Å²) in [5.41, 5.74) is 0.862. The second kappa shape index (κ2) is 3.87. The third kappa shape index (κ3) is 3.69. The van der Waals surface area contributed by atoms with Gasteiger partial charge in [-0.25, -0.2) is 8.42 Å². The molecular formula is C8H7BrO2S. The van der Waals surface area contributed by atoms with Crippen molar-refractivity contribution in [3.8, 4) is 0 Å². The van der Waals surface area contributed by atoms with Crippen molar-refractivity contribution in [1.29, 1.82) is 0 Å². The van der Waals surface area contributed by atoms with Crippen molar-refractivity contribution >= 4 is 29.2 Å². The van der Waals surface area contributed by atoms with Gasteiger partial charge in [-0.05, 0) is 11.6 Å². The molecule has 0 aliphatic carbocycles. The average molecular weight is 247 g/mol. The number of halogens is 1. The summed E-state index contributed by atoms with van der Waals surface area (Å²) < 4.78 is 21.3. The predicted octanol–water partition coefficient (Wildman–Crippen LogP) is 2.38. The lowest BCUT2D eigenvalue weighted by Gasteiger charge is -1.88. The lowest BCUT2D eigenvalue weighted by atomic mass is 10.2. The molecule has 0 aliphatic heterocycles. The minimum absolute atomic E-state index is 0.862. The number of hydrogen-bond donors (Lipinski definition) is 0. The first-order valence-electron chi connectivity index (χ1n) is 3.26. The van der Waals surface area contributed by atoms with E-state index in [4.69, 9.17) is 0 Å².